The van der Waals surface area contributed by atoms with E-state index in [1.807, 2.05) is 54.6 Å². The van der Waals surface area contributed by atoms with Crippen molar-refractivity contribution in [3.63, 3.8) is 0 Å². The minimum Gasteiger partial charge on any atom is -0.507 e. The van der Waals surface area contributed by atoms with E-state index in [-0.39, 0.29) is 5.75 Å². The van der Waals surface area contributed by atoms with Crippen LogP contribution >= 0.6 is 0 Å². The predicted octanol–water partition coefficient (Wildman–Crippen LogP) is 4.89. The molecular formula is C21H21NO2. The molecule has 0 saturated carbocycles. The van der Waals surface area contributed by atoms with Gasteiger partial charge in [-0.3, -0.25) is 0 Å². The van der Waals surface area contributed by atoms with E-state index in [0.717, 1.165) is 16.8 Å². The highest BCUT2D eigenvalue weighted by Gasteiger charge is 2.04. The number of phenolic OH excluding ortho intramolecular Hbond substituents is 1. The third-order valence-corrected chi connectivity index (χ3v) is 3.84. The van der Waals surface area contributed by atoms with E-state index in [0.29, 0.717) is 18.9 Å². The van der Waals surface area contributed by atoms with Crippen molar-refractivity contribution in [2.75, 3.05) is 5.32 Å². The van der Waals surface area contributed by atoms with Gasteiger partial charge in [0, 0.05) is 23.9 Å². The van der Waals surface area contributed by atoms with Crippen molar-refractivity contribution in [1.29, 1.82) is 0 Å². The minimum atomic E-state index is 0.236. The number of hydrogen-bond donors (Lipinski definition) is 2. The number of hydrogen-bond acceptors (Lipinski definition) is 3. The van der Waals surface area contributed by atoms with E-state index < -0.39 is 0 Å². The molecule has 0 aliphatic heterocycles. The number of anilines is 1. The number of rotatable bonds is 6. The molecule has 3 aromatic rings. The van der Waals surface area contributed by atoms with Gasteiger partial charge in [0.2, 0.25) is 0 Å². The standard InChI is InChI=1S/C21H21NO2/c1-16-7-9-17(10-8-16)15-24-20-12-11-18(21(23)13-20)14-22-19-5-3-2-4-6-19/h2-13,22-23H,14-15H2,1H3. The molecule has 2 N–H and O–H groups in total. The Bertz CT molecular complexity index is 783. The van der Waals surface area contributed by atoms with Gasteiger partial charge in [0.1, 0.15) is 18.1 Å². The van der Waals surface area contributed by atoms with Gasteiger partial charge in [-0.25, -0.2) is 0 Å². The summed E-state index contributed by atoms with van der Waals surface area (Å²) >= 11 is 0. The Morgan fingerprint density at radius 1 is 0.917 bits per heavy atom. The molecule has 0 radical (unpaired) electrons. The second-order valence-electron chi connectivity index (χ2n) is 5.78. The molecule has 0 saturated heterocycles. The largest absolute Gasteiger partial charge is 0.507 e. The van der Waals surface area contributed by atoms with Crippen molar-refractivity contribution >= 4 is 5.69 Å². The van der Waals surface area contributed by atoms with Gasteiger partial charge in [-0.05, 0) is 36.8 Å². The van der Waals surface area contributed by atoms with Gasteiger partial charge in [0.05, 0.1) is 0 Å². The second kappa shape index (κ2) is 7.55. The summed E-state index contributed by atoms with van der Waals surface area (Å²) in [6.45, 7) is 3.11. The smallest absolute Gasteiger partial charge is 0.124 e. The van der Waals surface area contributed by atoms with Crippen LogP contribution in [0.1, 0.15) is 16.7 Å². The zero-order valence-corrected chi connectivity index (χ0v) is 13.7. The van der Waals surface area contributed by atoms with Crippen molar-refractivity contribution in [3.05, 3.63) is 89.5 Å². The Kier molecular flexibility index (Phi) is 5.02. The van der Waals surface area contributed by atoms with Crippen LogP contribution in [0.15, 0.2) is 72.8 Å². The lowest BCUT2D eigenvalue weighted by Gasteiger charge is -2.11. The highest BCUT2D eigenvalue weighted by Crippen LogP contribution is 2.25. The summed E-state index contributed by atoms with van der Waals surface area (Å²) in [4.78, 5) is 0. The van der Waals surface area contributed by atoms with Crippen molar-refractivity contribution in [2.24, 2.45) is 0 Å². The molecule has 0 aliphatic carbocycles. The summed E-state index contributed by atoms with van der Waals surface area (Å²) in [5.41, 5.74) is 4.19. The zero-order chi connectivity index (χ0) is 16.8. The first-order valence-electron chi connectivity index (χ1n) is 8.00. The number of benzene rings is 3. The molecule has 3 rings (SSSR count). The molecule has 0 heterocycles. The fourth-order valence-corrected chi connectivity index (χ4v) is 2.39. The zero-order valence-electron chi connectivity index (χ0n) is 13.7. The van der Waals surface area contributed by atoms with Crippen molar-refractivity contribution < 1.29 is 9.84 Å². The highest BCUT2D eigenvalue weighted by molar-refractivity contribution is 5.46. The Hall–Kier alpha value is -2.94. The molecule has 3 aromatic carbocycles. The fraction of sp³-hybridized carbons (Fsp3) is 0.143. The molecule has 122 valence electrons. The Balaban J connectivity index is 1.58. The minimum absolute atomic E-state index is 0.236. The molecule has 0 unspecified atom stereocenters. The van der Waals surface area contributed by atoms with Gasteiger partial charge in [0.25, 0.3) is 0 Å². The third-order valence-electron chi connectivity index (χ3n) is 3.84. The number of ether oxygens (including phenoxy) is 1. The number of phenols is 1. The maximum atomic E-state index is 10.2. The first kappa shape index (κ1) is 15.9. The lowest BCUT2D eigenvalue weighted by atomic mass is 10.1. The number of nitrogens with one attached hydrogen (secondary N) is 1. The summed E-state index contributed by atoms with van der Waals surface area (Å²) in [5, 5.41) is 13.5. The topological polar surface area (TPSA) is 41.5 Å². The first-order chi connectivity index (χ1) is 11.7. The van der Waals surface area contributed by atoms with Crippen molar-refractivity contribution in [3.8, 4) is 11.5 Å². The summed E-state index contributed by atoms with van der Waals surface area (Å²) in [6.07, 6.45) is 0. The predicted molar refractivity (Wildman–Crippen MR) is 97.4 cm³/mol. The molecular weight excluding hydrogens is 298 g/mol. The number of aromatic hydroxyl groups is 1. The summed E-state index contributed by atoms with van der Waals surface area (Å²) < 4.78 is 5.75. The number of para-hydroxylation sites is 1. The SMILES string of the molecule is Cc1ccc(COc2ccc(CNc3ccccc3)c(O)c2)cc1. The molecule has 0 bridgehead atoms. The monoisotopic (exact) mass is 319 g/mol. The highest BCUT2D eigenvalue weighted by atomic mass is 16.5. The Morgan fingerprint density at radius 2 is 1.67 bits per heavy atom. The second-order valence-corrected chi connectivity index (χ2v) is 5.78. The van der Waals surface area contributed by atoms with Gasteiger partial charge in [-0.15, -0.1) is 0 Å². The van der Waals surface area contributed by atoms with Crippen molar-refractivity contribution in [2.45, 2.75) is 20.1 Å². The Labute approximate surface area is 142 Å². The third kappa shape index (κ3) is 4.29. The van der Waals surface area contributed by atoms with E-state index in [9.17, 15) is 5.11 Å². The molecule has 24 heavy (non-hydrogen) atoms. The quantitative estimate of drug-likeness (QED) is 0.679. The molecule has 3 nitrogen and oxygen atoms in total. The van der Waals surface area contributed by atoms with E-state index in [1.165, 1.54) is 5.56 Å². The molecule has 0 fully saturated rings. The van der Waals surface area contributed by atoms with Crippen LogP contribution in [0, 0.1) is 6.92 Å². The van der Waals surface area contributed by atoms with Crippen LogP contribution in [0.3, 0.4) is 0 Å². The number of aryl methyl sites for hydroxylation is 1. The molecule has 0 amide bonds. The van der Waals surface area contributed by atoms with Crippen LogP contribution in [0.25, 0.3) is 0 Å². The molecule has 0 aliphatic rings. The molecule has 3 heteroatoms. The van der Waals surface area contributed by atoms with Gasteiger partial charge in [-0.1, -0.05) is 48.0 Å². The maximum Gasteiger partial charge on any atom is 0.124 e. The van der Waals surface area contributed by atoms with Gasteiger partial charge >= 0.3 is 0 Å². The van der Waals surface area contributed by atoms with Crippen LogP contribution in [0.4, 0.5) is 5.69 Å². The molecule has 0 atom stereocenters. The maximum absolute atomic E-state index is 10.2. The normalized spacial score (nSPS) is 10.4. The average molecular weight is 319 g/mol. The lowest BCUT2D eigenvalue weighted by Crippen LogP contribution is -2.00. The summed E-state index contributed by atoms with van der Waals surface area (Å²) in [6, 6.07) is 23.6. The van der Waals surface area contributed by atoms with Gasteiger partial charge in [0.15, 0.2) is 0 Å². The Morgan fingerprint density at radius 3 is 2.38 bits per heavy atom. The summed E-state index contributed by atoms with van der Waals surface area (Å²) in [5.74, 6) is 0.899. The van der Waals surface area contributed by atoms with Gasteiger partial charge < -0.3 is 15.2 Å². The van der Waals surface area contributed by atoms with Crippen molar-refractivity contribution in [1.82, 2.24) is 0 Å². The fourth-order valence-electron chi connectivity index (χ4n) is 2.39. The first-order valence-corrected chi connectivity index (χ1v) is 8.00. The molecule has 0 spiro atoms. The summed E-state index contributed by atoms with van der Waals surface area (Å²) in [7, 11) is 0. The van der Waals surface area contributed by atoms with Crippen LogP contribution in [-0.2, 0) is 13.2 Å². The van der Waals surface area contributed by atoms with Crippen LogP contribution < -0.4 is 10.1 Å². The van der Waals surface area contributed by atoms with E-state index >= 15 is 0 Å². The van der Waals surface area contributed by atoms with E-state index in [2.05, 4.69) is 24.4 Å². The van der Waals surface area contributed by atoms with Crippen LogP contribution in [-0.4, -0.2) is 5.11 Å². The van der Waals surface area contributed by atoms with Gasteiger partial charge in [-0.2, -0.15) is 0 Å². The van der Waals surface area contributed by atoms with E-state index in [4.69, 9.17) is 4.74 Å². The lowest BCUT2D eigenvalue weighted by molar-refractivity contribution is 0.304. The molecule has 0 aromatic heterocycles. The average Bonchev–Trinajstić information content (AvgIpc) is 2.61. The van der Waals surface area contributed by atoms with Crippen LogP contribution in [0.2, 0.25) is 0 Å². The van der Waals surface area contributed by atoms with Crippen LogP contribution in [0.5, 0.6) is 11.5 Å². The van der Waals surface area contributed by atoms with E-state index in [1.54, 1.807) is 6.07 Å².